The monoisotopic (exact) mass is 319 g/mol. The van der Waals surface area contributed by atoms with Gasteiger partial charge in [0, 0.05) is 30.5 Å². The summed E-state index contributed by atoms with van der Waals surface area (Å²) in [6, 6.07) is 0.767. The molecule has 0 bridgehead atoms. The van der Waals surface area contributed by atoms with Crippen molar-refractivity contribution in [2.75, 3.05) is 13.1 Å². The number of amides is 2. The van der Waals surface area contributed by atoms with Crippen LogP contribution in [0, 0.1) is 5.41 Å². The van der Waals surface area contributed by atoms with Crippen molar-refractivity contribution in [3.63, 3.8) is 0 Å². The number of hydrogen-bond acceptors (Lipinski definition) is 3. The Kier molecular flexibility index (Phi) is 8.90. The lowest BCUT2D eigenvalue weighted by Crippen LogP contribution is -2.46. The summed E-state index contributed by atoms with van der Waals surface area (Å²) in [4.78, 5) is 23.5. The molecule has 0 aromatic carbocycles. The Bertz CT molecular complexity index is 342. The molecule has 0 aliphatic carbocycles. The summed E-state index contributed by atoms with van der Waals surface area (Å²) in [5.74, 6) is 0.124. The Morgan fingerprint density at radius 2 is 1.95 bits per heavy atom. The lowest BCUT2D eigenvalue weighted by Gasteiger charge is -2.28. The van der Waals surface area contributed by atoms with Crippen LogP contribution in [0.1, 0.15) is 53.4 Å². The Balaban J connectivity index is 0.00000400. The highest BCUT2D eigenvalue weighted by atomic mass is 35.5. The van der Waals surface area contributed by atoms with E-state index in [1.54, 1.807) is 0 Å². The van der Waals surface area contributed by atoms with E-state index < -0.39 is 0 Å². The van der Waals surface area contributed by atoms with Crippen LogP contribution >= 0.6 is 12.4 Å². The maximum atomic E-state index is 11.8. The molecule has 6 heteroatoms. The molecule has 1 fully saturated rings. The first-order valence-corrected chi connectivity index (χ1v) is 7.60. The molecular weight excluding hydrogens is 290 g/mol. The Labute approximate surface area is 134 Å². The maximum Gasteiger partial charge on any atom is 0.225 e. The van der Waals surface area contributed by atoms with E-state index in [1.165, 1.54) is 0 Å². The number of piperidine rings is 1. The Morgan fingerprint density at radius 1 is 1.29 bits per heavy atom. The predicted octanol–water partition coefficient (Wildman–Crippen LogP) is 1.61. The topological polar surface area (TPSA) is 70.2 Å². The molecule has 5 nitrogen and oxygen atoms in total. The van der Waals surface area contributed by atoms with Gasteiger partial charge in [0.2, 0.25) is 11.8 Å². The van der Waals surface area contributed by atoms with Crippen LogP contribution in [-0.4, -0.2) is 37.0 Å². The third-order valence-electron chi connectivity index (χ3n) is 3.54. The second-order valence-corrected chi connectivity index (χ2v) is 6.75. The fraction of sp³-hybridized carbons (Fsp3) is 0.867. The molecule has 2 atom stereocenters. The molecule has 0 spiro atoms. The van der Waals surface area contributed by atoms with E-state index in [1.807, 2.05) is 20.8 Å². The highest BCUT2D eigenvalue weighted by Gasteiger charge is 2.21. The van der Waals surface area contributed by atoms with Crippen LogP contribution in [0.15, 0.2) is 0 Å². The van der Waals surface area contributed by atoms with E-state index in [2.05, 4.69) is 22.9 Å². The fourth-order valence-corrected chi connectivity index (χ4v) is 2.28. The molecule has 0 saturated carbocycles. The molecule has 1 aliphatic rings. The van der Waals surface area contributed by atoms with Crippen LogP contribution in [0.5, 0.6) is 0 Å². The van der Waals surface area contributed by atoms with Gasteiger partial charge in [-0.3, -0.25) is 9.59 Å². The second kappa shape index (κ2) is 9.26. The number of halogens is 1. The van der Waals surface area contributed by atoms with Gasteiger partial charge in [0.15, 0.2) is 0 Å². The minimum atomic E-state index is -0.368. The molecule has 1 saturated heterocycles. The van der Waals surface area contributed by atoms with E-state index in [4.69, 9.17) is 0 Å². The van der Waals surface area contributed by atoms with Crippen LogP contribution < -0.4 is 16.0 Å². The summed E-state index contributed by atoms with van der Waals surface area (Å²) >= 11 is 0. The first-order chi connectivity index (χ1) is 9.29. The van der Waals surface area contributed by atoms with E-state index >= 15 is 0 Å². The van der Waals surface area contributed by atoms with Crippen LogP contribution in [0.25, 0.3) is 0 Å². The molecular formula is C15H30ClN3O2. The maximum absolute atomic E-state index is 11.8. The third-order valence-corrected chi connectivity index (χ3v) is 3.54. The van der Waals surface area contributed by atoms with E-state index in [0.717, 1.165) is 19.4 Å². The van der Waals surface area contributed by atoms with Gasteiger partial charge < -0.3 is 16.0 Å². The zero-order valence-electron chi connectivity index (χ0n) is 13.6. The van der Waals surface area contributed by atoms with E-state index in [-0.39, 0.29) is 29.6 Å². The molecule has 0 aromatic heterocycles. The van der Waals surface area contributed by atoms with Gasteiger partial charge in [-0.05, 0) is 32.7 Å². The Morgan fingerprint density at radius 3 is 2.52 bits per heavy atom. The average Bonchev–Trinajstić information content (AvgIpc) is 2.33. The molecule has 21 heavy (non-hydrogen) atoms. The summed E-state index contributed by atoms with van der Waals surface area (Å²) in [7, 11) is 0. The smallest absolute Gasteiger partial charge is 0.225 e. The van der Waals surface area contributed by atoms with Crippen molar-refractivity contribution in [1.29, 1.82) is 0 Å². The molecule has 1 rings (SSSR count). The molecule has 124 valence electrons. The van der Waals surface area contributed by atoms with Gasteiger partial charge in [-0.2, -0.15) is 0 Å². The van der Waals surface area contributed by atoms with Crippen molar-refractivity contribution >= 4 is 24.2 Å². The van der Waals surface area contributed by atoms with Crippen LogP contribution in [-0.2, 0) is 9.59 Å². The first-order valence-electron chi connectivity index (χ1n) is 7.60. The molecule has 0 aromatic rings. The van der Waals surface area contributed by atoms with Crippen molar-refractivity contribution in [2.45, 2.75) is 65.5 Å². The van der Waals surface area contributed by atoms with Gasteiger partial charge in [-0.25, -0.2) is 0 Å². The minimum absolute atomic E-state index is 0. The summed E-state index contributed by atoms with van der Waals surface area (Å²) in [6.07, 6.45) is 3.15. The zero-order chi connectivity index (χ0) is 15.2. The number of carbonyl (C=O) groups excluding carboxylic acids is 2. The number of hydrogen-bond donors (Lipinski definition) is 3. The van der Waals surface area contributed by atoms with Gasteiger partial charge in [0.25, 0.3) is 0 Å². The number of carbonyl (C=O) groups is 2. The van der Waals surface area contributed by atoms with Crippen molar-refractivity contribution in [1.82, 2.24) is 16.0 Å². The van der Waals surface area contributed by atoms with Gasteiger partial charge >= 0.3 is 0 Å². The highest BCUT2D eigenvalue weighted by Crippen LogP contribution is 2.12. The fourth-order valence-electron chi connectivity index (χ4n) is 2.28. The summed E-state index contributed by atoms with van der Waals surface area (Å²) in [5, 5.41) is 9.30. The molecule has 0 radical (unpaired) electrons. The molecule has 3 N–H and O–H groups in total. The normalized spacial score (nSPS) is 22.1. The lowest BCUT2D eigenvalue weighted by molar-refractivity contribution is -0.128. The van der Waals surface area contributed by atoms with Gasteiger partial charge in [-0.15, -0.1) is 12.4 Å². The summed E-state index contributed by atoms with van der Waals surface area (Å²) in [5.41, 5.74) is -0.368. The van der Waals surface area contributed by atoms with Crippen LogP contribution in [0.2, 0.25) is 0 Å². The SMILES string of the molecule is CC1CC(NC(=O)CCCNC(=O)C(C)(C)C)CCN1.Cl. The van der Waals surface area contributed by atoms with Gasteiger partial charge in [0.1, 0.15) is 0 Å². The van der Waals surface area contributed by atoms with Crippen molar-refractivity contribution in [3.8, 4) is 0 Å². The average molecular weight is 320 g/mol. The van der Waals surface area contributed by atoms with Gasteiger partial charge in [0.05, 0.1) is 0 Å². The van der Waals surface area contributed by atoms with Gasteiger partial charge in [-0.1, -0.05) is 20.8 Å². The predicted molar refractivity (Wildman–Crippen MR) is 87.6 cm³/mol. The number of rotatable bonds is 5. The van der Waals surface area contributed by atoms with Crippen molar-refractivity contribution in [3.05, 3.63) is 0 Å². The van der Waals surface area contributed by atoms with Crippen LogP contribution in [0.3, 0.4) is 0 Å². The van der Waals surface area contributed by atoms with E-state index in [9.17, 15) is 9.59 Å². The van der Waals surface area contributed by atoms with Crippen LogP contribution in [0.4, 0.5) is 0 Å². The zero-order valence-corrected chi connectivity index (χ0v) is 14.4. The second-order valence-electron chi connectivity index (χ2n) is 6.75. The van der Waals surface area contributed by atoms with E-state index in [0.29, 0.717) is 31.5 Å². The van der Waals surface area contributed by atoms with Crippen molar-refractivity contribution in [2.24, 2.45) is 5.41 Å². The first kappa shape index (κ1) is 20.2. The summed E-state index contributed by atoms with van der Waals surface area (Å²) in [6.45, 7) is 9.31. The summed E-state index contributed by atoms with van der Waals surface area (Å²) < 4.78 is 0. The Hall–Kier alpha value is -0.810. The largest absolute Gasteiger partial charge is 0.356 e. The molecule has 1 aliphatic heterocycles. The molecule has 1 heterocycles. The molecule has 2 amide bonds. The third kappa shape index (κ3) is 8.27. The number of nitrogens with one attached hydrogen (secondary N) is 3. The highest BCUT2D eigenvalue weighted by molar-refractivity contribution is 5.85. The standard InChI is InChI=1S/C15H29N3O2.ClH/c1-11-10-12(7-9-16-11)18-13(19)6-5-8-17-14(20)15(2,3)4;/h11-12,16H,5-10H2,1-4H3,(H,17,20)(H,18,19);1H. The lowest BCUT2D eigenvalue weighted by atomic mass is 9.96. The quantitative estimate of drug-likeness (QED) is 0.674. The minimum Gasteiger partial charge on any atom is -0.356 e. The molecule has 2 unspecified atom stereocenters. The van der Waals surface area contributed by atoms with Crippen molar-refractivity contribution < 1.29 is 9.59 Å².